The van der Waals surface area contributed by atoms with Gasteiger partial charge >= 0.3 is 12.1 Å². The highest BCUT2D eigenvalue weighted by Gasteiger charge is 2.30. The van der Waals surface area contributed by atoms with Gasteiger partial charge in [0, 0.05) is 11.6 Å². The van der Waals surface area contributed by atoms with E-state index < -0.39 is 23.3 Å². The van der Waals surface area contributed by atoms with Gasteiger partial charge in [0.25, 0.3) is 0 Å². The number of esters is 1. The van der Waals surface area contributed by atoms with Crippen molar-refractivity contribution >= 4 is 5.97 Å². The second-order valence-electron chi connectivity index (χ2n) is 5.96. The average molecular weight is 387 g/mol. The highest BCUT2D eigenvalue weighted by Crippen LogP contribution is 2.33. The standard InChI is InChI=1S/C21H16F3NO3/c1-2-28-20(27)18-16(13-6-4-3-5-7-13)12-17(26)25-19(18)14-8-10-15(11-9-14)21(22,23)24/h3-12H,2H2,1H3,(H,25,26). The van der Waals surface area contributed by atoms with Crippen molar-refractivity contribution in [3.05, 3.63) is 82.1 Å². The third-order valence-electron chi connectivity index (χ3n) is 4.11. The van der Waals surface area contributed by atoms with Gasteiger partial charge in [-0.3, -0.25) is 4.79 Å². The zero-order chi connectivity index (χ0) is 20.3. The highest BCUT2D eigenvalue weighted by molar-refractivity contribution is 6.03. The summed E-state index contributed by atoms with van der Waals surface area (Å²) < 4.78 is 43.7. The van der Waals surface area contributed by atoms with Crippen molar-refractivity contribution in [1.82, 2.24) is 4.98 Å². The van der Waals surface area contributed by atoms with Crippen molar-refractivity contribution in [2.45, 2.75) is 13.1 Å². The fourth-order valence-electron chi connectivity index (χ4n) is 2.86. The van der Waals surface area contributed by atoms with Gasteiger partial charge in [-0.25, -0.2) is 4.79 Å². The van der Waals surface area contributed by atoms with Gasteiger partial charge in [-0.1, -0.05) is 42.5 Å². The van der Waals surface area contributed by atoms with E-state index in [-0.39, 0.29) is 23.4 Å². The molecule has 0 saturated heterocycles. The number of hydrogen-bond acceptors (Lipinski definition) is 3. The van der Waals surface area contributed by atoms with Gasteiger partial charge in [-0.05, 0) is 30.2 Å². The number of alkyl halides is 3. The van der Waals surface area contributed by atoms with Gasteiger partial charge in [0.05, 0.1) is 23.4 Å². The van der Waals surface area contributed by atoms with Gasteiger partial charge < -0.3 is 9.72 Å². The van der Waals surface area contributed by atoms with Crippen molar-refractivity contribution in [1.29, 1.82) is 0 Å². The molecule has 0 spiro atoms. The molecule has 0 radical (unpaired) electrons. The van der Waals surface area contributed by atoms with Crippen LogP contribution in [0.25, 0.3) is 22.4 Å². The summed E-state index contributed by atoms with van der Waals surface area (Å²) in [4.78, 5) is 27.4. The minimum absolute atomic E-state index is 0.0902. The first-order valence-corrected chi connectivity index (χ1v) is 8.48. The quantitative estimate of drug-likeness (QED) is 0.648. The summed E-state index contributed by atoms with van der Waals surface area (Å²) in [5.74, 6) is -0.674. The molecule has 0 atom stereocenters. The van der Waals surface area contributed by atoms with Crippen LogP contribution in [0.3, 0.4) is 0 Å². The lowest BCUT2D eigenvalue weighted by Gasteiger charge is -2.15. The van der Waals surface area contributed by atoms with E-state index in [1.165, 1.54) is 18.2 Å². The number of aromatic nitrogens is 1. The molecule has 0 amide bonds. The summed E-state index contributed by atoms with van der Waals surface area (Å²) in [5.41, 5.74) is 0.122. The molecule has 3 aromatic rings. The van der Waals surface area contributed by atoms with Crippen LogP contribution in [-0.4, -0.2) is 17.6 Å². The highest BCUT2D eigenvalue weighted by atomic mass is 19.4. The topological polar surface area (TPSA) is 59.2 Å². The van der Waals surface area contributed by atoms with E-state index in [4.69, 9.17) is 4.74 Å². The van der Waals surface area contributed by atoms with E-state index >= 15 is 0 Å². The van der Waals surface area contributed by atoms with E-state index in [0.29, 0.717) is 11.1 Å². The molecule has 7 heteroatoms. The van der Waals surface area contributed by atoms with E-state index in [1.807, 2.05) is 0 Å². The molecular formula is C21H16F3NO3. The van der Waals surface area contributed by atoms with Crippen molar-refractivity contribution in [3.8, 4) is 22.4 Å². The Kier molecular flexibility index (Phi) is 5.35. The number of ether oxygens (including phenoxy) is 1. The number of benzene rings is 2. The molecule has 0 aliphatic carbocycles. The van der Waals surface area contributed by atoms with Crippen LogP contribution < -0.4 is 5.56 Å². The maximum Gasteiger partial charge on any atom is 0.416 e. The van der Waals surface area contributed by atoms with E-state index in [0.717, 1.165) is 12.1 Å². The number of carbonyl (C=O) groups excluding carboxylic acids is 1. The van der Waals surface area contributed by atoms with Gasteiger partial charge in [-0.2, -0.15) is 13.2 Å². The SMILES string of the molecule is CCOC(=O)c1c(-c2ccccc2)cc(=O)[nH]c1-c1ccc(C(F)(F)F)cc1. The first kappa shape index (κ1) is 19.4. The molecule has 1 heterocycles. The normalized spacial score (nSPS) is 11.3. The minimum atomic E-state index is -4.48. The van der Waals surface area contributed by atoms with Crippen LogP contribution in [0.15, 0.2) is 65.5 Å². The van der Waals surface area contributed by atoms with E-state index in [9.17, 15) is 22.8 Å². The molecule has 1 N–H and O–H groups in total. The molecule has 0 saturated carbocycles. The summed E-state index contributed by atoms with van der Waals surface area (Å²) >= 11 is 0. The number of pyridine rings is 1. The molecule has 28 heavy (non-hydrogen) atoms. The molecule has 0 fully saturated rings. The molecule has 2 aromatic carbocycles. The fraction of sp³-hybridized carbons (Fsp3) is 0.143. The number of hydrogen-bond donors (Lipinski definition) is 1. The predicted octanol–water partition coefficient (Wildman–Crippen LogP) is 4.90. The van der Waals surface area contributed by atoms with Gasteiger partial charge in [0.2, 0.25) is 5.56 Å². The second-order valence-corrected chi connectivity index (χ2v) is 5.96. The minimum Gasteiger partial charge on any atom is -0.462 e. The zero-order valence-corrected chi connectivity index (χ0v) is 14.8. The Hall–Kier alpha value is -3.35. The average Bonchev–Trinajstić information content (AvgIpc) is 2.67. The van der Waals surface area contributed by atoms with Crippen LogP contribution >= 0.6 is 0 Å². The summed E-state index contributed by atoms with van der Waals surface area (Å²) in [5, 5.41) is 0. The van der Waals surface area contributed by atoms with E-state index in [2.05, 4.69) is 4.98 Å². The van der Waals surface area contributed by atoms with Crippen LogP contribution in [0.5, 0.6) is 0 Å². The Labute approximate surface area is 158 Å². The Morgan fingerprint density at radius 3 is 2.21 bits per heavy atom. The second kappa shape index (κ2) is 7.72. The van der Waals surface area contributed by atoms with Gasteiger partial charge in [0.1, 0.15) is 0 Å². The summed E-state index contributed by atoms with van der Waals surface area (Å²) in [6.07, 6.45) is -4.48. The number of nitrogens with one attached hydrogen (secondary N) is 1. The molecule has 0 unspecified atom stereocenters. The van der Waals surface area contributed by atoms with Crippen LogP contribution in [0, 0.1) is 0 Å². The fourth-order valence-corrected chi connectivity index (χ4v) is 2.86. The Morgan fingerprint density at radius 2 is 1.64 bits per heavy atom. The molecule has 0 aliphatic heterocycles. The van der Waals surface area contributed by atoms with E-state index in [1.54, 1.807) is 37.3 Å². The Balaban J connectivity index is 2.24. The first-order chi connectivity index (χ1) is 13.3. The number of rotatable bonds is 4. The van der Waals surface area contributed by atoms with Crippen molar-refractivity contribution in [3.63, 3.8) is 0 Å². The molecule has 0 bridgehead atoms. The first-order valence-electron chi connectivity index (χ1n) is 8.48. The third-order valence-corrected chi connectivity index (χ3v) is 4.11. The van der Waals surface area contributed by atoms with Crippen LogP contribution in [0.1, 0.15) is 22.8 Å². The maximum atomic E-state index is 12.8. The number of carbonyl (C=O) groups is 1. The summed E-state index contributed by atoms with van der Waals surface area (Å²) in [6.45, 7) is 1.75. The van der Waals surface area contributed by atoms with Gasteiger partial charge in [0.15, 0.2) is 0 Å². The lowest BCUT2D eigenvalue weighted by Crippen LogP contribution is -2.16. The smallest absolute Gasteiger partial charge is 0.416 e. The molecular weight excluding hydrogens is 371 g/mol. The van der Waals surface area contributed by atoms with Crippen molar-refractivity contribution in [2.75, 3.05) is 6.61 Å². The van der Waals surface area contributed by atoms with Crippen LogP contribution in [0.4, 0.5) is 13.2 Å². The largest absolute Gasteiger partial charge is 0.462 e. The number of H-pyrrole nitrogens is 1. The Morgan fingerprint density at radius 1 is 1.00 bits per heavy atom. The van der Waals surface area contributed by atoms with Crippen molar-refractivity contribution < 1.29 is 22.7 Å². The summed E-state index contributed by atoms with van der Waals surface area (Å²) in [6, 6.07) is 14.3. The maximum absolute atomic E-state index is 12.8. The lowest BCUT2D eigenvalue weighted by atomic mass is 9.95. The summed E-state index contributed by atoms with van der Waals surface area (Å²) in [7, 11) is 0. The third kappa shape index (κ3) is 3.98. The zero-order valence-electron chi connectivity index (χ0n) is 14.8. The van der Waals surface area contributed by atoms with Crippen molar-refractivity contribution in [2.24, 2.45) is 0 Å². The number of aromatic amines is 1. The Bertz CT molecular complexity index is 1040. The molecule has 3 rings (SSSR count). The molecule has 144 valence electrons. The number of halogens is 3. The van der Waals surface area contributed by atoms with Crippen LogP contribution in [-0.2, 0) is 10.9 Å². The monoisotopic (exact) mass is 387 g/mol. The molecule has 4 nitrogen and oxygen atoms in total. The molecule has 1 aromatic heterocycles. The molecule has 0 aliphatic rings. The van der Waals surface area contributed by atoms with Gasteiger partial charge in [-0.15, -0.1) is 0 Å². The lowest BCUT2D eigenvalue weighted by molar-refractivity contribution is -0.137. The van der Waals surface area contributed by atoms with Crippen LogP contribution in [0.2, 0.25) is 0 Å². The predicted molar refractivity (Wildman–Crippen MR) is 98.9 cm³/mol.